The Kier molecular flexibility index (Phi) is 7.92. The number of benzene rings is 1. The number of carbonyl (C=O) groups is 2. The van der Waals surface area contributed by atoms with Crippen LogP contribution in [0.25, 0.3) is 0 Å². The lowest BCUT2D eigenvalue weighted by atomic mass is 10.1. The van der Waals surface area contributed by atoms with Crippen molar-refractivity contribution in [3.05, 3.63) is 59.2 Å². The van der Waals surface area contributed by atoms with E-state index in [-0.39, 0.29) is 11.8 Å². The van der Waals surface area contributed by atoms with E-state index < -0.39 is 0 Å². The molecule has 0 unspecified atom stereocenters. The topological polar surface area (TPSA) is 70.2 Å². The maximum absolute atomic E-state index is 12.0. The minimum atomic E-state index is -0.149. The summed E-state index contributed by atoms with van der Waals surface area (Å²) in [4.78, 5) is 24.0. The Morgan fingerprint density at radius 3 is 2.52 bits per heavy atom. The zero-order valence-electron chi connectivity index (χ0n) is 14.8. The molecular formula is C20H27N3O2. The molecule has 2 amide bonds. The molecule has 1 aliphatic rings. The largest absolute Gasteiger partial charge is 0.348 e. The van der Waals surface area contributed by atoms with Crippen LogP contribution in [-0.4, -0.2) is 18.4 Å². The highest BCUT2D eigenvalue weighted by Gasteiger charge is 2.08. The molecule has 0 radical (unpaired) electrons. The number of amides is 2. The molecule has 2 rings (SSSR count). The molecule has 1 aromatic rings. The van der Waals surface area contributed by atoms with Gasteiger partial charge in [-0.25, -0.2) is 5.43 Å². The Balaban J connectivity index is 1.75. The predicted molar refractivity (Wildman–Crippen MR) is 99.7 cm³/mol. The summed E-state index contributed by atoms with van der Waals surface area (Å²) in [7, 11) is 0. The highest BCUT2D eigenvalue weighted by molar-refractivity contribution is 5.96. The van der Waals surface area contributed by atoms with Gasteiger partial charge in [0.15, 0.2) is 0 Å². The van der Waals surface area contributed by atoms with Gasteiger partial charge in [-0.3, -0.25) is 15.0 Å². The van der Waals surface area contributed by atoms with Gasteiger partial charge in [0, 0.05) is 24.2 Å². The molecule has 0 atom stereocenters. The second-order valence-corrected chi connectivity index (χ2v) is 6.11. The minimum Gasteiger partial charge on any atom is -0.348 e. The van der Waals surface area contributed by atoms with Gasteiger partial charge in [0.05, 0.1) is 0 Å². The van der Waals surface area contributed by atoms with Crippen molar-refractivity contribution in [1.82, 2.24) is 16.2 Å². The number of hydrogen-bond donors (Lipinski definition) is 3. The molecule has 0 bridgehead atoms. The van der Waals surface area contributed by atoms with E-state index in [1.165, 1.54) is 0 Å². The van der Waals surface area contributed by atoms with Crippen molar-refractivity contribution in [3.8, 4) is 0 Å². The van der Waals surface area contributed by atoms with E-state index in [4.69, 9.17) is 0 Å². The SMILES string of the molecule is CCCCCNNC(=O)c1ccc(CNC(=O)C2=CCCC=C2)cc1. The molecule has 0 heterocycles. The second-order valence-electron chi connectivity index (χ2n) is 6.11. The zero-order chi connectivity index (χ0) is 17.9. The van der Waals surface area contributed by atoms with Gasteiger partial charge in [-0.05, 0) is 37.0 Å². The van der Waals surface area contributed by atoms with Gasteiger partial charge >= 0.3 is 0 Å². The van der Waals surface area contributed by atoms with Crippen molar-refractivity contribution < 1.29 is 9.59 Å². The minimum absolute atomic E-state index is 0.0611. The fraction of sp³-hybridized carbons (Fsp3) is 0.400. The third-order valence-electron chi connectivity index (χ3n) is 4.03. The maximum Gasteiger partial charge on any atom is 0.265 e. The fourth-order valence-corrected chi connectivity index (χ4v) is 2.52. The van der Waals surface area contributed by atoms with Gasteiger partial charge in [-0.2, -0.15) is 0 Å². The van der Waals surface area contributed by atoms with Crippen molar-refractivity contribution in [1.29, 1.82) is 0 Å². The van der Waals surface area contributed by atoms with Crippen LogP contribution in [0.4, 0.5) is 0 Å². The van der Waals surface area contributed by atoms with Crippen molar-refractivity contribution >= 4 is 11.8 Å². The van der Waals surface area contributed by atoms with Gasteiger partial charge in [-0.15, -0.1) is 0 Å². The standard InChI is InChI=1S/C20H27N3O2/c1-2-3-7-14-22-23-20(25)18-12-10-16(11-13-18)15-21-19(24)17-8-5-4-6-9-17/h5,8-13,22H,2-4,6-7,14-15H2,1H3,(H,21,24)(H,23,25). The summed E-state index contributed by atoms with van der Waals surface area (Å²) < 4.78 is 0. The monoisotopic (exact) mass is 341 g/mol. The molecule has 1 aliphatic carbocycles. The summed E-state index contributed by atoms with van der Waals surface area (Å²) in [6, 6.07) is 7.25. The first-order valence-electron chi connectivity index (χ1n) is 8.97. The van der Waals surface area contributed by atoms with E-state index in [9.17, 15) is 9.59 Å². The molecule has 0 saturated carbocycles. The molecule has 134 valence electrons. The van der Waals surface area contributed by atoms with Crippen LogP contribution in [0.5, 0.6) is 0 Å². The van der Waals surface area contributed by atoms with Crippen molar-refractivity contribution in [2.75, 3.05) is 6.54 Å². The summed E-state index contributed by atoms with van der Waals surface area (Å²) in [5.41, 5.74) is 7.91. The molecule has 5 nitrogen and oxygen atoms in total. The number of allylic oxidation sites excluding steroid dienone is 2. The quantitative estimate of drug-likeness (QED) is 0.478. The molecular weight excluding hydrogens is 314 g/mol. The molecule has 0 spiro atoms. The predicted octanol–water partition coefficient (Wildman–Crippen LogP) is 3.00. The Labute approximate surface area is 149 Å². The Hall–Kier alpha value is -2.40. The second kappa shape index (κ2) is 10.5. The number of hydrazine groups is 1. The van der Waals surface area contributed by atoms with Crippen LogP contribution in [0, 0.1) is 0 Å². The van der Waals surface area contributed by atoms with E-state index in [1.807, 2.05) is 30.4 Å². The Bertz CT molecular complexity index is 633. The van der Waals surface area contributed by atoms with Crippen molar-refractivity contribution in [2.24, 2.45) is 0 Å². The number of rotatable bonds is 9. The Morgan fingerprint density at radius 2 is 1.84 bits per heavy atom. The molecule has 0 aliphatic heterocycles. The van der Waals surface area contributed by atoms with E-state index in [2.05, 4.69) is 23.1 Å². The Morgan fingerprint density at radius 1 is 1.04 bits per heavy atom. The van der Waals surface area contributed by atoms with Gasteiger partial charge in [0.25, 0.3) is 11.8 Å². The van der Waals surface area contributed by atoms with E-state index >= 15 is 0 Å². The van der Waals surface area contributed by atoms with Crippen LogP contribution < -0.4 is 16.2 Å². The first kappa shape index (κ1) is 18.9. The molecule has 0 saturated heterocycles. The average molecular weight is 341 g/mol. The van der Waals surface area contributed by atoms with Crippen LogP contribution in [-0.2, 0) is 11.3 Å². The van der Waals surface area contributed by atoms with Crippen molar-refractivity contribution in [3.63, 3.8) is 0 Å². The molecule has 1 aromatic carbocycles. The summed E-state index contributed by atoms with van der Waals surface area (Å²) in [6.07, 6.45) is 11.1. The first-order valence-corrected chi connectivity index (χ1v) is 8.97. The summed E-state index contributed by atoms with van der Waals surface area (Å²) in [5.74, 6) is -0.210. The van der Waals surface area contributed by atoms with Gasteiger partial charge < -0.3 is 5.32 Å². The number of carbonyl (C=O) groups excluding carboxylic acids is 2. The van der Waals surface area contributed by atoms with E-state index in [1.54, 1.807) is 12.1 Å². The lowest BCUT2D eigenvalue weighted by Crippen LogP contribution is -2.37. The van der Waals surface area contributed by atoms with Crippen LogP contribution in [0.1, 0.15) is 54.9 Å². The number of nitrogens with one attached hydrogen (secondary N) is 3. The normalized spacial score (nSPS) is 13.2. The molecule has 0 fully saturated rings. The van der Waals surface area contributed by atoms with Crippen LogP contribution in [0.3, 0.4) is 0 Å². The highest BCUT2D eigenvalue weighted by Crippen LogP contribution is 2.10. The van der Waals surface area contributed by atoms with Crippen LogP contribution in [0.15, 0.2) is 48.1 Å². The maximum atomic E-state index is 12.0. The number of hydrogen-bond acceptors (Lipinski definition) is 3. The smallest absolute Gasteiger partial charge is 0.265 e. The molecule has 0 aromatic heterocycles. The average Bonchev–Trinajstić information content (AvgIpc) is 2.67. The third kappa shape index (κ3) is 6.55. The van der Waals surface area contributed by atoms with E-state index in [0.717, 1.165) is 49.8 Å². The fourth-order valence-electron chi connectivity index (χ4n) is 2.52. The van der Waals surface area contributed by atoms with E-state index in [0.29, 0.717) is 12.1 Å². The number of unbranched alkanes of at least 4 members (excludes halogenated alkanes) is 2. The zero-order valence-corrected chi connectivity index (χ0v) is 14.8. The lowest BCUT2D eigenvalue weighted by molar-refractivity contribution is -0.117. The van der Waals surface area contributed by atoms with Crippen molar-refractivity contribution in [2.45, 2.75) is 45.6 Å². The first-order chi connectivity index (χ1) is 12.2. The molecule has 5 heteroatoms. The van der Waals surface area contributed by atoms with Gasteiger partial charge in [0.2, 0.25) is 0 Å². The summed E-state index contributed by atoms with van der Waals surface area (Å²) >= 11 is 0. The van der Waals surface area contributed by atoms with Gasteiger partial charge in [0.1, 0.15) is 0 Å². The lowest BCUT2D eigenvalue weighted by Gasteiger charge is -2.10. The van der Waals surface area contributed by atoms with Gasteiger partial charge in [-0.1, -0.05) is 50.1 Å². The molecule has 25 heavy (non-hydrogen) atoms. The van der Waals surface area contributed by atoms with Crippen LogP contribution >= 0.6 is 0 Å². The summed E-state index contributed by atoms with van der Waals surface area (Å²) in [5, 5.41) is 2.90. The summed E-state index contributed by atoms with van der Waals surface area (Å²) in [6.45, 7) is 3.36. The van der Waals surface area contributed by atoms with Crippen LogP contribution in [0.2, 0.25) is 0 Å². The highest BCUT2D eigenvalue weighted by atomic mass is 16.2. The molecule has 3 N–H and O–H groups in total. The third-order valence-corrected chi connectivity index (χ3v) is 4.03.